The molecule has 1 aliphatic heterocycles. The fourth-order valence-corrected chi connectivity index (χ4v) is 3.94. The van der Waals surface area contributed by atoms with Crippen molar-refractivity contribution in [3.05, 3.63) is 77.1 Å². The minimum absolute atomic E-state index is 0.0119. The van der Waals surface area contributed by atoms with Crippen molar-refractivity contribution in [3.63, 3.8) is 0 Å². The zero-order valence-corrected chi connectivity index (χ0v) is 16.2. The molecule has 1 aromatic heterocycles. The standard InChI is InChI=1S/C23H25N3O2/c1-15-5-3-4-6-21(15)17-7-9-18(10-8-17)23(28)26-13-19(22(27)14-26)12-20-11-16(2)24-25-20/h3-11,19,22,27H,12-14H2,1-2H3,(H,24,25)/t19-,22+/m1/s1. The number of aliphatic hydroxyl groups excluding tert-OH is 1. The Labute approximate surface area is 165 Å². The molecule has 5 nitrogen and oxygen atoms in total. The molecular formula is C23H25N3O2. The van der Waals surface area contributed by atoms with Crippen LogP contribution in [-0.2, 0) is 6.42 Å². The fourth-order valence-electron chi connectivity index (χ4n) is 3.94. The van der Waals surface area contributed by atoms with Crippen LogP contribution in [0.4, 0.5) is 0 Å². The molecule has 5 heteroatoms. The largest absolute Gasteiger partial charge is 0.391 e. The summed E-state index contributed by atoms with van der Waals surface area (Å²) in [5.74, 6) is -0.0195. The average molecular weight is 375 g/mol. The average Bonchev–Trinajstić information content (AvgIpc) is 3.27. The molecule has 1 fully saturated rings. The number of aromatic amines is 1. The number of likely N-dealkylation sites (tertiary alicyclic amines) is 1. The van der Waals surface area contributed by atoms with Gasteiger partial charge in [0.15, 0.2) is 0 Å². The molecule has 28 heavy (non-hydrogen) atoms. The van der Waals surface area contributed by atoms with Crippen molar-refractivity contribution in [2.45, 2.75) is 26.4 Å². The first-order valence-electron chi connectivity index (χ1n) is 9.65. The number of H-pyrrole nitrogens is 1. The molecule has 2 N–H and O–H groups in total. The molecule has 2 aromatic carbocycles. The second-order valence-corrected chi connectivity index (χ2v) is 7.68. The Morgan fingerprint density at radius 1 is 1.14 bits per heavy atom. The summed E-state index contributed by atoms with van der Waals surface area (Å²) in [5.41, 5.74) is 6.07. The lowest BCUT2D eigenvalue weighted by Gasteiger charge is -2.16. The zero-order chi connectivity index (χ0) is 19.7. The number of hydrogen-bond acceptors (Lipinski definition) is 3. The molecule has 0 saturated carbocycles. The molecule has 2 atom stereocenters. The van der Waals surface area contributed by atoms with Crippen molar-refractivity contribution in [2.75, 3.05) is 13.1 Å². The zero-order valence-electron chi connectivity index (χ0n) is 16.2. The van der Waals surface area contributed by atoms with Gasteiger partial charge < -0.3 is 10.0 Å². The third-order valence-corrected chi connectivity index (χ3v) is 5.51. The number of aryl methyl sites for hydroxylation is 2. The highest BCUT2D eigenvalue weighted by Crippen LogP contribution is 2.26. The molecule has 0 aliphatic carbocycles. The Hall–Kier alpha value is -2.92. The SMILES string of the molecule is Cc1cc(C[C@@H]2CN(C(=O)c3ccc(-c4ccccc4C)cc3)C[C@@H]2O)n[nH]1. The number of amides is 1. The van der Waals surface area contributed by atoms with Crippen molar-refractivity contribution in [2.24, 2.45) is 5.92 Å². The third-order valence-electron chi connectivity index (χ3n) is 5.51. The first kappa shape index (κ1) is 18.4. The van der Waals surface area contributed by atoms with Crippen molar-refractivity contribution < 1.29 is 9.90 Å². The number of carbonyl (C=O) groups is 1. The van der Waals surface area contributed by atoms with Crippen LogP contribution in [0.25, 0.3) is 11.1 Å². The first-order chi connectivity index (χ1) is 13.5. The predicted octanol–water partition coefficient (Wildman–Crippen LogP) is 3.37. The summed E-state index contributed by atoms with van der Waals surface area (Å²) in [6.07, 6.45) is 0.147. The molecule has 0 spiro atoms. The van der Waals surface area contributed by atoms with Gasteiger partial charge in [-0.05, 0) is 55.2 Å². The maximum absolute atomic E-state index is 12.9. The number of rotatable bonds is 4. The highest BCUT2D eigenvalue weighted by Gasteiger charge is 2.34. The number of benzene rings is 2. The molecular weight excluding hydrogens is 350 g/mol. The van der Waals surface area contributed by atoms with Gasteiger partial charge in [0.1, 0.15) is 0 Å². The molecule has 2 heterocycles. The molecule has 0 unspecified atom stereocenters. The topological polar surface area (TPSA) is 69.2 Å². The number of carbonyl (C=O) groups excluding carboxylic acids is 1. The summed E-state index contributed by atoms with van der Waals surface area (Å²) >= 11 is 0. The van der Waals surface area contributed by atoms with E-state index in [1.807, 2.05) is 49.4 Å². The van der Waals surface area contributed by atoms with Crippen LogP contribution in [0.15, 0.2) is 54.6 Å². The van der Waals surface area contributed by atoms with E-state index in [1.165, 1.54) is 11.1 Å². The minimum atomic E-state index is -0.521. The summed E-state index contributed by atoms with van der Waals surface area (Å²) in [6.45, 7) is 4.96. The number of aromatic nitrogens is 2. The highest BCUT2D eigenvalue weighted by atomic mass is 16.3. The maximum Gasteiger partial charge on any atom is 0.253 e. The van der Waals surface area contributed by atoms with Gasteiger partial charge in [-0.25, -0.2) is 0 Å². The van der Waals surface area contributed by atoms with E-state index >= 15 is 0 Å². The van der Waals surface area contributed by atoms with Crippen LogP contribution in [0.3, 0.4) is 0 Å². The Morgan fingerprint density at radius 3 is 2.57 bits per heavy atom. The van der Waals surface area contributed by atoms with E-state index in [0.717, 1.165) is 17.0 Å². The summed E-state index contributed by atoms with van der Waals surface area (Å²) in [5, 5.41) is 17.6. The number of nitrogens with one attached hydrogen (secondary N) is 1. The fraction of sp³-hybridized carbons (Fsp3) is 0.304. The molecule has 144 valence electrons. The van der Waals surface area contributed by atoms with Crippen LogP contribution in [0.1, 0.15) is 27.3 Å². The Kier molecular flexibility index (Phi) is 5.01. The van der Waals surface area contributed by atoms with Crippen LogP contribution in [-0.4, -0.2) is 45.3 Å². The number of nitrogens with zero attached hydrogens (tertiary/aromatic N) is 2. The van der Waals surface area contributed by atoms with Gasteiger partial charge in [-0.3, -0.25) is 9.89 Å². The molecule has 3 aromatic rings. The monoisotopic (exact) mass is 375 g/mol. The summed E-state index contributed by atoms with van der Waals surface area (Å²) in [7, 11) is 0. The smallest absolute Gasteiger partial charge is 0.253 e. The van der Waals surface area contributed by atoms with Crippen molar-refractivity contribution in [3.8, 4) is 11.1 Å². The lowest BCUT2D eigenvalue weighted by Crippen LogP contribution is -2.29. The molecule has 1 aliphatic rings. The third kappa shape index (κ3) is 3.71. The second-order valence-electron chi connectivity index (χ2n) is 7.68. The number of aliphatic hydroxyl groups is 1. The van der Waals surface area contributed by atoms with Crippen molar-refractivity contribution >= 4 is 5.91 Å². The normalized spacial score (nSPS) is 19.2. The lowest BCUT2D eigenvalue weighted by atomic mass is 9.99. The van der Waals surface area contributed by atoms with E-state index in [2.05, 4.69) is 29.3 Å². The van der Waals surface area contributed by atoms with E-state index in [-0.39, 0.29) is 11.8 Å². The number of β-amino-alcohol motifs (C(OH)–C–C–N with tert-alkyl or cyclic N) is 1. The van der Waals surface area contributed by atoms with Gasteiger partial charge >= 0.3 is 0 Å². The highest BCUT2D eigenvalue weighted by molar-refractivity contribution is 5.95. The van der Waals surface area contributed by atoms with Gasteiger partial charge in [0, 0.05) is 30.3 Å². The maximum atomic E-state index is 12.9. The summed E-state index contributed by atoms with van der Waals surface area (Å²) in [4.78, 5) is 14.7. The molecule has 4 rings (SSSR count). The van der Waals surface area contributed by atoms with Crippen molar-refractivity contribution in [1.29, 1.82) is 0 Å². The van der Waals surface area contributed by atoms with E-state index in [1.54, 1.807) is 4.90 Å². The summed E-state index contributed by atoms with van der Waals surface area (Å²) < 4.78 is 0. The number of hydrogen-bond donors (Lipinski definition) is 2. The van der Waals surface area contributed by atoms with Gasteiger partial charge in [0.2, 0.25) is 0 Å². The Bertz CT molecular complexity index is 978. The van der Waals surface area contributed by atoms with Gasteiger partial charge in [-0.2, -0.15) is 5.10 Å². The molecule has 1 amide bonds. The van der Waals surface area contributed by atoms with Crippen LogP contribution in [0.5, 0.6) is 0 Å². The molecule has 1 saturated heterocycles. The van der Waals surface area contributed by atoms with Crippen LogP contribution in [0, 0.1) is 19.8 Å². The summed E-state index contributed by atoms with van der Waals surface area (Å²) in [6, 6.07) is 17.9. The van der Waals surface area contributed by atoms with Crippen LogP contribution >= 0.6 is 0 Å². The van der Waals surface area contributed by atoms with E-state index in [4.69, 9.17) is 0 Å². The van der Waals surface area contributed by atoms with Gasteiger partial charge in [0.05, 0.1) is 11.8 Å². The minimum Gasteiger partial charge on any atom is -0.391 e. The molecule has 0 bridgehead atoms. The van der Waals surface area contributed by atoms with Crippen LogP contribution in [0.2, 0.25) is 0 Å². The quantitative estimate of drug-likeness (QED) is 0.735. The lowest BCUT2D eigenvalue weighted by molar-refractivity contribution is 0.0764. The van der Waals surface area contributed by atoms with Crippen LogP contribution < -0.4 is 0 Å². The second kappa shape index (κ2) is 7.60. The van der Waals surface area contributed by atoms with Gasteiger partial charge in [-0.15, -0.1) is 0 Å². The van der Waals surface area contributed by atoms with Crippen molar-refractivity contribution in [1.82, 2.24) is 15.1 Å². The Morgan fingerprint density at radius 2 is 1.89 bits per heavy atom. The van der Waals surface area contributed by atoms with E-state index in [0.29, 0.717) is 25.1 Å². The van der Waals surface area contributed by atoms with Gasteiger partial charge in [-0.1, -0.05) is 36.4 Å². The van der Waals surface area contributed by atoms with E-state index < -0.39 is 6.10 Å². The molecule has 0 radical (unpaired) electrons. The van der Waals surface area contributed by atoms with E-state index in [9.17, 15) is 9.90 Å². The predicted molar refractivity (Wildman–Crippen MR) is 109 cm³/mol. The first-order valence-corrected chi connectivity index (χ1v) is 9.65. The Balaban J connectivity index is 1.45. The van der Waals surface area contributed by atoms with Gasteiger partial charge in [0.25, 0.3) is 5.91 Å².